The molecule has 1 fully saturated rings. The van der Waals surface area contributed by atoms with Crippen molar-refractivity contribution < 1.29 is 28.9 Å². The predicted octanol–water partition coefficient (Wildman–Crippen LogP) is 5.60. The Morgan fingerprint density at radius 3 is 2.30 bits per heavy atom. The Morgan fingerprint density at radius 2 is 1.62 bits per heavy atom. The van der Waals surface area contributed by atoms with E-state index in [-0.39, 0.29) is 16.5 Å². The SMILES string of the molecule is COc1ccc(OC)c([C@H]2C(=C(O)c3ccc(Cl)cc3)C(=O)C(=O)N2c2nc3ccc(OC)cc3s2)c1. The first-order chi connectivity index (χ1) is 17.9. The second kappa shape index (κ2) is 9.76. The van der Waals surface area contributed by atoms with Gasteiger partial charge < -0.3 is 19.3 Å². The number of anilines is 1. The van der Waals surface area contributed by atoms with E-state index in [0.29, 0.717) is 38.9 Å². The maximum absolute atomic E-state index is 13.5. The number of amides is 1. The minimum atomic E-state index is -1.04. The number of aliphatic hydroxyl groups is 1. The molecule has 5 rings (SSSR count). The molecule has 1 aliphatic rings. The molecule has 1 aliphatic heterocycles. The van der Waals surface area contributed by atoms with Crippen LogP contribution in [0.1, 0.15) is 17.2 Å². The molecule has 1 atom stereocenters. The van der Waals surface area contributed by atoms with E-state index < -0.39 is 17.7 Å². The van der Waals surface area contributed by atoms with Crippen LogP contribution >= 0.6 is 22.9 Å². The van der Waals surface area contributed by atoms with E-state index in [4.69, 9.17) is 25.8 Å². The number of Topliss-reactive ketones (excluding diaryl/α,β-unsaturated/α-hetero) is 1. The average molecular weight is 537 g/mol. The monoisotopic (exact) mass is 536 g/mol. The molecule has 10 heteroatoms. The van der Waals surface area contributed by atoms with Crippen molar-refractivity contribution in [1.29, 1.82) is 0 Å². The topological polar surface area (TPSA) is 98.2 Å². The summed E-state index contributed by atoms with van der Waals surface area (Å²) in [6.45, 7) is 0. The maximum atomic E-state index is 13.5. The Labute approximate surface area is 221 Å². The van der Waals surface area contributed by atoms with Gasteiger partial charge in [0.05, 0.1) is 37.1 Å². The quantitative estimate of drug-likeness (QED) is 0.194. The molecule has 2 heterocycles. The Morgan fingerprint density at radius 1 is 0.946 bits per heavy atom. The minimum Gasteiger partial charge on any atom is -0.507 e. The number of fused-ring (bicyclic) bond motifs is 1. The molecule has 0 unspecified atom stereocenters. The van der Waals surface area contributed by atoms with Gasteiger partial charge in [-0.15, -0.1) is 0 Å². The number of carbonyl (C=O) groups excluding carboxylic acids is 2. The molecule has 0 radical (unpaired) electrons. The number of aliphatic hydroxyl groups excluding tert-OH is 1. The first-order valence-electron chi connectivity index (χ1n) is 11.1. The van der Waals surface area contributed by atoms with Gasteiger partial charge in [0.2, 0.25) is 0 Å². The molecule has 1 amide bonds. The van der Waals surface area contributed by atoms with Gasteiger partial charge in [-0.25, -0.2) is 4.98 Å². The Hall–Kier alpha value is -4.08. The van der Waals surface area contributed by atoms with E-state index >= 15 is 0 Å². The fourth-order valence-electron chi connectivity index (χ4n) is 4.26. The van der Waals surface area contributed by atoms with Crippen molar-refractivity contribution in [2.75, 3.05) is 26.2 Å². The lowest BCUT2D eigenvalue weighted by Crippen LogP contribution is -2.29. The summed E-state index contributed by atoms with van der Waals surface area (Å²) in [5.74, 6) is -0.478. The van der Waals surface area contributed by atoms with Gasteiger partial charge in [0.1, 0.15) is 29.0 Å². The van der Waals surface area contributed by atoms with E-state index in [2.05, 4.69) is 4.98 Å². The second-order valence-corrected chi connectivity index (χ2v) is 9.56. The molecular weight excluding hydrogens is 516 g/mol. The zero-order valence-corrected chi connectivity index (χ0v) is 21.6. The number of aromatic nitrogens is 1. The van der Waals surface area contributed by atoms with Gasteiger partial charge in [-0.3, -0.25) is 14.5 Å². The fourth-order valence-corrected chi connectivity index (χ4v) is 5.41. The summed E-state index contributed by atoms with van der Waals surface area (Å²) in [5.41, 5.74) is 1.32. The molecule has 0 aliphatic carbocycles. The molecule has 188 valence electrons. The number of methoxy groups -OCH3 is 3. The van der Waals surface area contributed by atoms with Crippen LogP contribution in [0.4, 0.5) is 5.13 Å². The number of rotatable bonds is 6. The highest BCUT2D eigenvalue weighted by Crippen LogP contribution is 2.47. The number of halogens is 1. The molecule has 1 saturated heterocycles. The molecule has 0 bridgehead atoms. The van der Waals surface area contributed by atoms with Gasteiger partial charge in [-0.05, 0) is 60.7 Å². The lowest BCUT2D eigenvalue weighted by atomic mass is 9.94. The number of ketones is 1. The number of hydrogen-bond donors (Lipinski definition) is 1. The van der Waals surface area contributed by atoms with Crippen LogP contribution in [0.15, 0.2) is 66.2 Å². The number of thiazole rings is 1. The predicted molar refractivity (Wildman–Crippen MR) is 142 cm³/mol. The van der Waals surface area contributed by atoms with Gasteiger partial charge in [0.25, 0.3) is 5.78 Å². The third-order valence-corrected chi connectivity index (χ3v) is 7.35. The lowest BCUT2D eigenvalue weighted by Gasteiger charge is -2.25. The van der Waals surface area contributed by atoms with Crippen molar-refractivity contribution in [2.24, 2.45) is 0 Å². The summed E-state index contributed by atoms with van der Waals surface area (Å²) in [7, 11) is 4.56. The standard InChI is InChI=1S/C27H21ClN2O6S/c1-34-16-9-11-20(36-3)18(12-16)23-22(24(31)14-4-6-15(28)7-5-14)25(32)26(33)30(23)27-29-19-10-8-17(35-2)13-21(19)37-27/h4-13,23,31H,1-3H3/t23-/m0/s1. The number of ether oxygens (including phenoxy) is 3. The molecular formula is C27H21ClN2O6S. The molecule has 8 nitrogen and oxygen atoms in total. The van der Waals surface area contributed by atoms with Gasteiger partial charge in [-0.2, -0.15) is 0 Å². The molecule has 4 aromatic rings. The first kappa shape index (κ1) is 24.6. The number of hydrogen-bond acceptors (Lipinski definition) is 8. The normalized spacial score (nSPS) is 16.9. The summed E-state index contributed by atoms with van der Waals surface area (Å²) in [4.78, 5) is 32.9. The molecule has 0 saturated carbocycles. The van der Waals surface area contributed by atoms with Crippen molar-refractivity contribution in [3.8, 4) is 17.2 Å². The minimum absolute atomic E-state index is 0.101. The van der Waals surface area contributed by atoms with Crippen molar-refractivity contribution in [3.05, 3.63) is 82.4 Å². The van der Waals surface area contributed by atoms with Crippen molar-refractivity contribution >= 4 is 55.7 Å². The van der Waals surface area contributed by atoms with Crippen LogP contribution in [-0.4, -0.2) is 43.1 Å². The third-order valence-electron chi connectivity index (χ3n) is 6.08. The largest absolute Gasteiger partial charge is 0.507 e. The summed E-state index contributed by atoms with van der Waals surface area (Å²) in [6, 6.07) is 15.7. The van der Waals surface area contributed by atoms with Gasteiger partial charge in [0, 0.05) is 16.1 Å². The van der Waals surface area contributed by atoms with Crippen LogP contribution in [0.2, 0.25) is 5.02 Å². The highest BCUT2D eigenvalue weighted by Gasteiger charge is 2.49. The van der Waals surface area contributed by atoms with Gasteiger partial charge in [0.15, 0.2) is 5.13 Å². The van der Waals surface area contributed by atoms with Crippen LogP contribution in [-0.2, 0) is 9.59 Å². The van der Waals surface area contributed by atoms with Crippen LogP contribution < -0.4 is 19.1 Å². The number of benzene rings is 3. The van der Waals surface area contributed by atoms with Crippen LogP contribution in [0.5, 0.6) is 17.2 Å². The van der Waals surface area contributed by atoms with Crippen molar-refractivity contribution in [3.63, 3.8) is 0 Å². The average Bonchev–Trinajstić information content (AvgIpc) is 3.45. The fraction of sp³-hybridized carbons (Fsp3) is 0.148. The van der Waals surface area contributed by atoms with E-state index in [9.17, 15) is 14.7 Å². The molecule has 0 spiro atoms. The number of nitrogens with zero attached hydrogens (tertiary/aromatic N) is 2. The third kappa shape index (κ3) is 4.26. The molecule has 1 aromatic heterocycles. The zero-order valence-electron chi connectivity index (χ0n) is 20.0. The Kier molecular flexibility index (Phi) is 6.49. The maximum Gasteiger partial charge on any atom is 0.301 e. The number of carbonyl (C=O) groups is 2. The summed E-state index contributed by atoms with van der Waals surface area (Å²) in [6.07, 6.45) is 0. The van der Waals surface area contributed by atoms with Crippen LogP contribution in [0.3, 0.4) is 0 Å². The van der Waals surface area contributed by atoms with E-state index in [1.54, 1.807) is 61.7 Å². The first-order valence-corrected chi connectivity index (χ1v) is 12.3. The molecule has 3 aromatic carbocycles. The van der Waals surface area contributed by atoms with Crippen LogP contribution in [0.25, 0.3) is 16.0 Å². The summed E-state index contributed by atoms with van der Waals surface area (Å²) in [5, 5.41) is 12.1. The Bertz CT molecular complexity index is 1560. The summed E-state index contributed by atoms with van der Waals surface area (Å²) >= 11 is 7.25. The van der Waals surface area contributed by atoms with E-state index in [1.807, 2.05) is 6.07 Å². The van der Waals surface area contributed by atoms with E-state index in [0.717, 1.165) is 4.70 Å². The Balaban J connectivity index is 1.77. The second-order valence-electron chi connectivity index (χ2n) is 8.11. The van der Waals surface area contributed by atoms with Crippen molar-refractivity contribution in [2.45, 2.75) is 6.04 Å². The van der Waals surface area contributed by atoms with Crippen molar-refractivity contribution in [1.82, 2.24) is 4.98 Å². The smallest absolute Gasteiger partial charge is 0.301 e. The van der Waals surface area contributed by atoms with E-state index in [1.165, 1.54) is 30.5 Å². The van der Waals surface area contributed by atoms with Crippen LogP contribution in [0, 0.1) is 0 Å². The highest BCUT2D eigenvalue weighted by molar-refractivity contribution is 7.22. The lowest BCUT2D eigenvalue weighted by molar-refractivity contribution is -0.132. The summed E-state index contributed by atoms with van der Waals surface area (Å²) < 4.78 is 17.1. The van der Waals surface area contributed by atoms with Gasteiger partial charge in [-0.1, -0.05) is 22.9 Å². The molecule has 37 heavy (non-hydrogen) atoms. The highest BCUT2D eigenvalue weighted by atomic mass is 35.5. The molecule has 1 N–H and O–H groups in total. The van der Waals surface area contributed by atoms with Gasteiger partial charge >= 0.3 is 5.91 Å². The zero-order chi connectivity index (χ0) is 26.3.